The van der Waals surface area contributed by atoms with Crippen LogP contribution in [-0.2, 0) is 6.18 Å². The van der Waals surface area contributed by atoms with Crippen LogP contribution in [0.25, 0.3) is 11.4 Å². The zero-order valence-electron chi connectivity index (χ0n) is 20.5. The van der Waals surface area contributed by atoms with Crippen LogP contribution in [0.3, 0.4) is 0 Å². The number of aliphatic hydroxyl groups excluding tert-OH is 1. The molecule has 3 N–H and O–H groups in total. The van der Waals surface area contributed by atoms with Crippen LogP contribution >= 0.6 is 11.8 Å². The van der Waals surface area contributed by atoms with Crippen LogP contribution in [0.1, 0.15) is 28.4 Å². The minimum Gasteiger partial charge on any atom is -0.393 e. The molecule has 2 aromatic carbocycles. The van der Waals surface area contributed by atoms with E-state index in [2.05, 4.69) is 25.6 Å². The predicted octanol–water partition coefficient (Wildman–Crippen LogP) is 6.33. The minimum atomic E-state index is -4.54. The molecule has 0 fully saturated rings. The lowest BCUT2D eigenvalue weighted by atomic mass is 10.1. The molecule has 0 saturated carbocycles. The van der Waals surface area contributed by atoms with Crippen LogP contribution in [0.2, 0.25) is 0 Å². The highest BCUT2D eigenvalue weighted by Gasteiger charge is 2.30. The first-order valence-corrected chi connectivity index (χ1v) is 12.5. The van der Waals surface area contributed by atoms with Gasteiger partial charge in [0.25, 0.3) is 5.91 Å². The fraction of sp³-hybridized carbons (Fsp3) is 0.185. The molecule has 1 atom stereocenters. The van der Waals surface area contributed by atoms with Gasteiger partial charge in [-0.3, -0.25) is 4.79 Å². The molecule has 7 nitrogen and oxygen atoms in total. The fourth-order valence-corrected chi connectivity index (χ4v) is 4.15. The van der Waals surface area contributed by atoms with Crippen molar-refractivity contribution in [3.05, 3.63) is 89.6 Å². The van der Waals surface area contributed by atoms with E-state index >= 15 is 0 Å². The Labute approximate surface area is 221 Å². The molecule has 11 heteroatoms. The Morgan fingerprint density at radius 3 is 2.55 bits per heavy atom. The molecule has 1 amide bonds. The van der Waals surface area contributed by atoms with Crippen LogP contribution in [0.15, 0.2) is 78.0 Å². The number of carbonyl (C=O) groups excluding carboxylic acids is 1. The van der Waals surface area contributed by atoms with Crippen molar-refractivity contribution in [1.29, 1.82) is 0 Å². The van der Waals surface area contributed by atoms with Gasteiger partial charge in [0.15, 0.2) is 0 Å². The largest absolute Gasteiger partial charge is 0.416 e. The van der Waals surface area contributed by atoms with E-state index in [0.29, 0.717) is 34.5 Å². The second-order valence-corrected chi connectivity index (χ2v) is 9.51. The smallest absolute Gasteiger partial charge is 0.393 e. The summed E-state index contributed by atoms with van der Waals surface area (Å²) in [6.07, 6.45) is -3.40. The summed E-state index contributed by atoms with van der Waals surface area (Å²) in [5.74, 6) is 0.159. The maximum atomic E-state index is 13.0. The van der Waals surface area contributed by atoms with Gasteiger partial charge in [-0.15, -0.1) is 11.8 Å². The minimum absolute atomic E-state index is 0.104. The summed E-state index contributed by atoms with van der Waals surface area (Å²) in [5.41, 5.74) is 2.07. The number of hydrogen-bond acceptors (Lipinski definition) is 7. The molecular weight excluding hydrogens is 515 g/mol. The number of anilines is 3. The van der Waals surface area contributed by atoms with Crippen molar-refractivity contribution >= 4 is 35.0 Å². The first-order chi connectivity index (χ1) is 18.1. The lowest BCUT2D eigenvalue weighted by Crippen LogP contribution is -2.14. The Morgan fingerprint density at radius 1 is 1.03 bits per heavy atom. The number of halogens is 3. The maximum Gasteiger partial charge on any atom is 0.416 e. The van der Waals surface area contributed by atoms with Gasteiger partial charge in [-0.1, -0.05) is 18.2 Å². The third-order valence-electron chi connectivity index (χ3n) is 5.31. The van der Waals surface area contributed by atoms with E-state index in [1.165, 1.54) is 23.9 Å². The number of nitrogens with zero attached hydrogens (tertiary/aromatic N) is 3. The molecule has 2 aromatic heterocycles. The van der Waals surface area contributed by atoms with Crippen molar-refractivity contribution < 1.29 is 23.1 Å². The third kappa shape index (κ3) is 7.08. The Bertz CT molecular complexity index is 1450. The van der Waals surface area contributed by atoms with Gasteiger partial charge in [-0.2, -0.15) is 13.2 Å². The molecule has 0 aliphatic heterocycles. The number of amides is 1. The standard InChI is InChI=1S/C27H24F3N5O2S/c1-16-9-10-20(32-25(37)18-5-3-6-19(13-18)27(28,29)30)14-23(16)35-26-31-12-11-22(34-26)21-7-4-8-24(33-21)38-15-17(2)36/h3-14,17,36H,15H2,1-2H3,(H,32,37)(H,31,34,35). The first-order valence-electron chi connectivity index (χ1n) is 11.6. The van der Waals surface area contributed by atoms with Crippen molar-refractivity contribution in [3.63, 3.8) is 0 Å². The molecule has 0 bridgehead atoms. The van der Waals surface area contributed by atoms with E-state index in [-0.39, 0.29) is 5.56 Å². The Balaban J connectivity index is 1.51. The number of aryl methyl sites for hydroxylation is 1. The monoisotopic (exact) mass is 539 g/mol. The molecule has 0 radical (unpaired) electrons. The first kappa shape index (κ1) is 27.1. The number of rotatable bonds is 8. The number of aromatic nitrogens is 3. The zero-order valence-corrected chi connectivity index (χ0v) is 21.3. The van der Waals surface area contributed by atoms with Crippen molar-refractivity contribution in [2.75, 3.05) is 16.4 Å². The van der Waals surface area contributed by atoms with Gasteiger partial charge in [-0.05, 0) is 67.9 Å². The van der Waals surface area contributed by atoms with E-state index in [9.17, 15) is 23.1 Å². The molecule has 196 valence electrons. The second kappa shape index (κ2) is 11.6. The Hall–Kier alpha value is -3.96. The third-order valence-corrected chi connectivity index (χ3v) is 6.48. The molecule has 0 aliphatic carbocycles. The van der Waals surface area contributed by atoms with Crippen molar-refractivity contribution in [1.82, 2.24) is 15.0 Å². The molecule has 38 heavy (non-hydrogen) atoms. The van der Waals surface area contributed by atoms with Crippen LogP contribution in [0.4, 0.5) is 30.5 Å². The average molecular weight is 540 g/mol. The van der Waals surface area contributed by atoms with Crippen LogP contribution < -0.4 is 10.6 Å². The molecule has 1 unspecified atom stereocenters. The predicted molar refractivity (Wildman–Crippen MR) is 142 cm³/mol. The van der Waals surface area contributed by atoms with Gasteiger partial charge in [0.05, 0.1) is 28.1 Å². The van der Waals surface area contributed by atoms with Gasteiger partial charge in [0, 0.05) is 28.9 Å². The Kier molecular flexibility index (Phi) is 8.28. The number of hydrogen-bond donors (Lipinski definition) is 3. The number of benzene rings is 2. The number of pyridine rings is 1. The average Bonchev–Trinajstić information content (AvgIpc) is 2.89. The van der Waals surface area contributed by atoms with Gasteiger partial charge < -0.3 is 15.7 Å². The zero-order chi connectivity index (χ0) is 27.3. The highest BCUT2D eigenvalue weighted by molar-refractivity contribution is 7.99. The summed E-state index contributed by atoms with van der Waals surface area (Å²) in [6.45, 7) is 3.57. The Morgan fingerprint density at radius 2 is 1.79 bits per heavy atom. The molecule has 4 rings (SSSR count). The maximum absolute atomic E-state index is 13.0. The van der Waals surface area contributed by atoms with Crippen LogP contribution in [0, 0.1) is 6.92 Å². The number of nitrogens with one attached hydrogen (secondary N) is 2. The van der Waals surface area contributed by atoms with Crippen LogP contribution in [0.5, 0.6) is 0 Å². The van der Waals surface area contributed by atoms with E-state index in [4.69, 9.17) is 0 Å². The lowest BCUT2D eigenvalue weighted by molar-refractivity contribution is -0.137. The summed E-state index contributed by atoms with van der Waals surface area (Å²) in [5, 5.41) is 16.1. The van der Waals surface area contributed by atoms with E-state index in [1.807, 2.05) is 25.1 Å². The fourth-order valence-electron chi connectivity index (χ4n) is 3.40. The molecule has 0 saturated heterocycles. The second-order valence-electron chi connectivity index (χ2n) is 8.47. The van der Waals surface area contributed by atoms with Crippen molar-refractivity contribution in [3.8, 4) is 11.4 Å². The van der Waals surface area contributed by atoms with Gasteiger partial charge in [0.2, 0.25) is 5.95 Å². The van der Waals surface area contributed by atoms with Crippen molar-refractivity contribution in [2.24, 2.45) is 0 Å². The highest BCUT2D eigenvalue weighted by Crippen LogP contribution is 2.30. The lowest BCUT2D eigenvalue weighted by Gasteiger charge is -2.13. The van der Waals surface area contributed by atoms with Crippen molar-refractivity contribution in [2.45, 2.75) is 31.2 Å². The molecular formula is C27H24F3N5O2S. The van der Waals surface area contributed by atoms with Gasteiger partial charge in [0.1, 0.15) is 0 Å². The molecule has 2 heterocycles. The van der Waals surface area contributed by atoms with E-state index in [0.717, 1.165) is 22.7 Å². The van der Waals surface area contributed by atoms with E-state index < -0.39 is 23.8 Å². The number of aliphatic hydroxyl groups is 1. The van der Waals surface area contributed by atoms with Crippen LogP contribution in [-0.4, -0.2) is 37.8 Å². The van der Waals surface area contributed by atoms with E-state index in [1.54, 1.807) is 37.4 Å². The SMILES string of the molecule is Cc1ccc(NC(=O)c2cccc(C(F)(F)F)c2)cc1Nc1nccc(-c2cccc(SCC(C)O)n2)n1. The number of thioether (sulfide) groups is 1. The number of carbonyl (C=O) groups is 1. The molecule has 0 spiro atoms. The summed E-state index contributed by atoms with van der Waals surface area (Å²) in [6, 6.07) is 16.6. The molecule has 4 aromatic rings. The summed E-state index contributed by atoms with van der Waals surface area (Å²) in [7, 11) is 0. The highest BCUT2D eigenvalue weighted by atomic mass is 32.2. The quantitative estimate of drug-likeness (QED) is 0.225. The van der Waals surface area contributed by atoms with Gasteiger partial charge in [-0.25, -0.2) is 15.0 Å². The summed E-state index contributed by atoms with van der Waals surface area (Å²) >= 11 is 1.44. The normalized spacial score (nSPS) is 12.2. The topological polar surface area (TPSA) is 100 Å². The summed E-state index contributed by atoms with van der Waals surface area (Å²) < 4.78 is 39.0. The summed E-state index contributed by atoms with van der Waals surface area (Å²) in [4.78, 5) is 26.0. The van der Waals surface area contributed by atoms with Gasteiger partial charge >= 0.3 is 6.18 Å². The molecule has 0 aliphatic rings. The number of alkyl halides is 3.